The monoisotopic (exact) mass is 197 g/mol. The van der Waals surface area contributed by atoms with Gasteiger partial charge < -0.3 is 5.73 Å². The highest BCUT2D eigenvalue weighted by Crippen LogP contribution is 2.63. The highest BCUT2D eigenvalue weighted by molar-refractivity contribution is 5.10. The Hall–Kier alpha value is -0.110. The van der Waals surface area contributed by atoms with Crippen LogP contribution in [0.25, 0.3) is 0 Å². The lowest BCUT2D eigenvalue weighted by atomic mass is 9.47. The van der Waals surface area contributed by atoms with E-state index in [9.17, 15) is 4.39 Å². The zero-order valence-corrected chi connectivity index (χ0v) is 8.93. The van der Waals surface area contributed by atoms with Gasteiger partial charge in [-0.1, -0.05) is 0 Å². The zero-order chi connectivity index (χ0) is 9.97. The molecule has 0 aromatic heterocycles. The van der Waals surface area contributed by atoms with Crippen LogP contribution in [-0.4, -0.2) is 11.7 Å². The summed E-state index contributed by atoms with van der Waals surface area (Å²) in [5.41, 5.74) is 5.41. The Morgan fingerprint density at radius 3 is 2.21 bits per heavy atom. The first-order chi connectivity index (χ1) is 6.51. The first-order valence-corrected chi connectivity index (χ1v) is 5.96. The third-order valence-electron chi connectivity index (χ3n) is 5.00. The van der Waals surface area contributed by atoms with Crippen molar-refractivity contribution in [1.29, 1.82) is 0 Å². The Balaban J connectivity index is 1.96. The van der Waals surface area contributed by atoms with Crippen molar-refractivity contribution in [3.05, 3.63) is 0 Å². The largest absolute Gasteiger partial charge is 0.327 e. The maximum Gasteiger partial charge on any atom is 0.112 e. The van der Waals surface area contributed by atoms with E-state index in [2.05, 4.69) is 6.92 Å². The van der Waals surface area contributed by atoms with Gasteiger partial charge in [0.15, 0.2) is 0 Å². The van der Waals surface area contributed by atoms with E-state index in [0.29, 0.717) is 11.8 Å². The predicted molar refractivity (Wildman–Crippen MR) is 54.6 cm³/mol. The standard InChI is InChI=1S/C12H20FN/c1-8(14)11-3-9-2-10(4-11)6-12(13,5-9)7-11/h8-10H,2-7,14H2,1H3. The fraction of sp³-hybridized carbons (Fsp3) is 1.00. The Kier molecular flexibility index (Phi) is 1.65. The lowest BCUT2D eigenvalue weighted by Crippen LogP contribution is -2.58. The molecule has 0 heterocycles. The van der Waals surface area contributed by atoms with E-state index in [4.69, 9.17) is 5.73 Å². The van der Waals surface area contributed by atoms with Gasteiger partial charge in [0.25, 0.3) is 0 Å². The molecule has 3 atom stereocenters. The Morgan fingerprint density at radius 1 is 1.21 bits per heavy atom. The van der Waals surface area contributed by atoms with Crippen LogP contribution in [0.15, 0.2) is 0 Å². The molecule has 2 heteroatoms. The molecule has 4 fully saturated rings. The molecule has 4 aliphatic rings. The molecule has 0 saturated heterocycles. The molecule has 0 amide bonds. The van der Waals surface area contributed by atoms with Crippen LogP contribution < -0.4 is 5.73 Å². The molecule has 0 aliphatic heterocycles. The minimum Gasteiger partial charge on any atom is -0.327 e. The summed E-state index contributed by atoms with van der Waals surface area (Å²) in [6.45, 7) is 2.08. The fourth-order valence-electron chi connectivity index (χ4n) is 4.75. The third kappa shape index (κ3) is 1.09. The molecule has 1 nitrogen and oxygen atoms in total. The van der Waals surface area contributed by atoms with E-state index in [1.54, 1.807) is 0 Å². The van der Waals surface area contributed by atoms with Crippen LogP contribution in [0.5, 0.6) is 0 Å². The Morgan fingerprint density at radius 2 is 1.79 bits per heavy atom. The maximum absolute atomic E-state index is 14.4. The van der Waals surface area contributed by atoms with Crippen LogP contribution >= 0.6 is 0 Å². The van der Waals surface area contributed by atoms with Crippen LogP contribution in [0.4, 0.5) is 4.39 Å². The van der Waals surface area contributed by atoms with E-state index < -0.39 is 5.67 Å². The first kappa shape index (κ1) is 9.14. The third-order valence-corrected chi connectivity index (χ3v) is 5.00. The van der Waals surface area contributed by atoms with Crippen molar-refractivity contribution in [3.63, 3.8) is 0 Å². The van der Waals surface area contributed by atoms with Crippen molar-refractivity contribution in [2.75, 3.05) is 0 Å². The van der Waals surface area contributed by atoms with Crippen LogP contribution in [0, 0.1) is 17.3 Å². The summed E-state index contributed by atoms with van der Waals surface area (Å²) in [6, 6.07) is 0.184. The van der Waals surface area contributed by atoms with E-state index in [1.807, 2.05) is 0 Å². The number of rotatable bonds is 1. The molecule has 2 N–H and O–H groups in total. The van der Waals surface area contributed by atoms with E-state index in [0.717, 1.165) is 19.3 Å². The SMILES string of the molecule is CC(N)C12CC3CC(CC(F)(C3)C1)C2. The summed E-state index contributed by atoms with van der Waals surface area (Å²) < 4.78 is 14.4. The van der Waals surface area contributed by atoms with Crippen LogP contribution in [0.1, 0.15) is 45.4 Å². The average Bonchev–Trinajstić information content (AvgIpc) is 1.98. The van der Waals surface area contributed by atoms with Crippen molar-refractivity contribution in [2.24, 2.45) is 23.0 Å². The van der Waals surface area contributed by atoms with Crippen molar-refractivity contribution >= 4 is 0 Å². The van der Waals surface area contributed by atoms with Gasteiger partial charge in [-0.3, -0.25) is 0 Å². The normalized spacial score (nSPS) is 57.6. The number of hydrogen-bond donors (Lipinski definition) is 1. The molecule has 4 rings (SSSR count). The summed E-state index contributed by atoms with van der Waals surface area (Å²) in [6.07, 6.45) is 6.10. The van der Waals surface area contributed by atoms with Gasteiger partial charge in [-0.05, 0) is 62.7 Å². The van der Waals surface area contributed by atoms with Gasteiger partial charge >= 0.3 is 0 Å². The molecular formula is C12H20FN. The molecule has 14 heavy (non-hydrogen) atoms. The smallest absolute Gasteiger partial charge is 0.112 e. The van der Waals surface area contributed by atoms with E-state index in [-0.39, 0.29) is 11.5 Å². The highest BCUT2D eigenvalue weighted by Gasteiger charge is 2.59. The van der Waals surface area contributed by atoms with E-state index >= 15 is 0 Å². The summed E-state index contributed by atoms with van der Waals surface area (Å²) in [4.78, 5) is 0. The fourth-order valence-corrected chi connectivity index (χ4v) is 4.75. The molecule has 0 aromatic rings. The molecule has 4 bridgehead atoms. The summed E-state index contributed by atoms with van der Waals surface area (Å²) in [7, 11) is 0. The molecule has 3 unspecified atom stereocenters. The minimum absolute atomic E-state index is 0.166. The van der Waals surface area contributed by atoms with Gasteiger partial charge in [-0.2, -0.15) is 0 Å². The van der Waals surface area contributed by atoms with Crippen molar-refractivity contribution < 1.29 is 4.39 Å². The van der Waals surface area contributed by atoms with Gasteiger partial charge in [0, 0.05) is 6.04 Å². The average molecular weight is 197 g/mol. The first-order valence-electron chi connectivity index (χ1n) is 5.96. The van der Waals surface area contributed by atoms with Gasteiger partial charge in [0.2, 0.25) is 0 Å². The van der Waals surface area contributed by atoms with Crippen molar-refractivity contribution in [1.82, 2.24) is 0 Å². The van der Waals surface area contributed by atoms with Gasteiger partial charge in [0.05, 0.1) is 0 Å². The topological polar surface area (TPSA) is 26.0 Å². The van der Waals surface area contributed by atoms with Crippen molar-refractivity contribution in [3.8, 4) is 0 Å². The second kappa shape index (κ2) is 2.52. The second-order valence-corrected chi connectivity index (χ2v) is 6.26. The Bertz CT molecular complexity index is 247. The molecular weight excluding hydrogens is 177 g/mol. The highest BCUT2D eigenvalue weighted by atomic mass is 19.1. The lowest BCUT2D eigenvalue weighted by Gasteiger charge is -2.60. The number of hydrogen-bond acceptors (Lipinski definition) is 1. The predicted octanol–water partition coefficient (Wildman–Crippen LogP) is 2.64. The van der Waals surface area contributed by atoms with Gasteiger partial charge in [-0.15, -0.1) is 0 Å². The summed E-state index contributed by atoms with van der Waals surface area (Å²) >= 11 is 0. The van der Waals surface area contributed by atoms with Gasteiger partial charge in [0.1, 0.15) is 5.67 Å². The van der Waals surface area contributed by atoms with E-state index in [1.165, 1.54) is 19.3 Å². The zero-order valence-electron chi connectivity index (χ0n) is 8.93. The molecule has 80 valence electrons. The Labute approximate surface area is 85.2 Å². The molecule has 0 radical (unpaired) electrons. The number of halogens is 1. The maximum atomic E-state index is 14.4. The molecule has 4 saturated carbocycles. The molecule has 4 aliphatic carbocycles. The molecule has 0 spiro atoms. The van der Waals surface area contributed by atoms with Crippen molar-refractivity contribution in [2.45, 2.75) is 57.2 Å². The minimum atomic E-state index is -0.836. The molecule has 0 aromatic carbocycles. The summed E-state index contributed by atoms with van der Waals surface area (Å²) in [5.74, 6) is 1.29. The quantitative estimate of drug-likeness (QED) is 0.687. The number of alkyl halides is 1. The van der Waals surface area contributed by atoms with Gasteiger partial charge in [-0.25, -0.2) is 4.39 Å². The summed E-state index contributed by atoms with van der Waals surface area (Å²) in [5, 5.41) is 0. The van der Waals surface area contributed by atoms with Crippen LogP contribution in [0.3, 0.4) is 0 Å². The van der Waals surface area contributed by atoms with Crippen LogP contribution in [0.2, 0.25) is 0 Å². The van der Waals surface area contributed by atoms with Crippen LogP contribution in [-0.2, 0) is 0 Å². The second-order valence-electron chi connectivity index (χ2n) is 6.26. The number of nitrogens with two attached hydrogens (primary N) is 1. The lowest BCUT2D eigenvalue weighted by molar-refractivity contribution is -0.130.